The standard InChI is InChI=1S/C21H19FN2O/c1-15-6-2-4-8-18(15)21(16-10-12-23-13-11-16)24-20(25)14-17-7-3-5-9-19(17)22/h2-13,21H,14H2,1H3,(H,24,25)/t21-/m1/s1. The molecule has 1 N–H and O–H groups in total. The van der Waals surface area contributed by atoms with E-state index >= 15 is 0 Å². The Kier molecular flexibility index (Phi) is 5.19. The molecule has 0 aliphatic rings. The second-order valence-electron chi connectivity index (χ2n) is 5.91. The maximum absolute atomic E-state index is 13.8. The average molecular weight is 334 g/mol. The van der Waals surface area contributed by atoms with Gasteiger partial charge in [0, 0.05) is 12.4 Å². The molecule has 3 nitrogen and oxygen atoms in total. The quantitative estimate of drug-likeness (QED) is 0.767. The molecule has 0 unspecified atom stereocenters. The third kappa shape index (κ3) is 4.10. The van der Waals surface area contributed by atoms with Crippen LogP contribution in [0.3, 0.4) is 0 Å². The van der Waals surface area contributed by atoms with E-state index in [4.69, 9.17) is 0 Å². The molecule has 25 heavy (non-hydrogen) atoms. The molecular weight excluding hydrogens is 315 g/mol. The number of nitrogens with zero attached hydrogens (tertiary/aromatic N) is 1. The number of benzene rings is 2. The normalized spacial score (nSPS) is 11.8. The third-order valence-electron chi connectivity index (χ3n) is 4.15. The summed E-state index contributed by atoms with van der Waals surface area (Å²) in [5, 5.41) is 3.03. The smallest absolute Gasteiger partial charge is 0.225 e. The number of aryl methyl sites for hydroxylation is 1. The molecule has 1 aromatic heterocycles. The van der Waals surface area contributed by atoms with Crippen LogP contribution in [0.2, 0.25) is 0 Å². The van der Waals surface area contributed by atoms with Crippen molar-refractivity contribution in [3.8, 4) is 0 Å². The number of rotatable bonds is 5. The summed E-state index contributed by atoms with van der Waals surface area (Å²) >= 11 is 0. The van der Waals surface area contributed by atoms with Gasteiger partial charge in [0.2, 0.25) is 5.91 Å². The summed E-state index contributed by atoms with van der Waals surface area (Å²) in [7, 11) is 0. The van der Waals surface area contributed by atoms with Gasteiger partial charge in [0.25, 0.3) is 0 Å². The fourth-order valence-corrected chi connectivity index (χ4v) is 2.83. The van der Waals surface area contributed by atoms with E-state index in [9.17, 15) is 9.18 Å². The molecule has 0 spiro atoms. The van der Waals surface area contributed by atoms with E-state index in [1.54, 1.807) is 30.6 Å². The van der Waals surface area contributed by atoms with Gasteiger partial charge < -0.3 is 5.32 Å². The topological polar surface area (TPSA) is 42.0 Å². The number of pyridine rings is 1. The van der Waals surface area contributed by atoms with Gasteiger partial charge in [-0.1, -0.05) is 42.5 Å². The van der Waals surface area contributed by atoms with E-state index in [1.165, 1.54) is 6.07 Å². The Hall–Kier alpha value is -3.01. The van der Waals surface area contributed by atoms with E-state index in [2.05, 4.69) is 10.3 Å². The van der Waals surface area contributed by atoms with Crippen LogP contribution in [-0.4, -0.2) is 10.9 Å². The van der Waals surface area contributed by atoms with Crippen molar-refractivity contribution in [2.45, 2.75) is 19.4 Å². The molecule has 4 heteroatoms. The van der Waals surface area contributed by atoms with Gasteiger partial charge in [-0.05, 0) is 47.4 Å². The van der Waals surface area contributed by atoms with Crippen molar-refractivity contribution in [1.82, 2.24) is 10.3 Å². The first-order valence-electron chi connectivity index (χ1n) is 8.13. The van der Waals surface area contributed by atoms with Gasteiger partial charge in [-0.3, -0.25) is 9.78 Å². The van der Waals surface area contributed by atoms with Crippen molar-refractivity contribution in [2.24, 2.45) is 0 Å². The highest BCUT2D eigenvalue weighted by molar-refractivity contribution is 5.79. The van der Waals surface area contributed by atoms with Crippen LogP contribution in [0.25, 0.3) is 0 Å². The second-order valence-corrected chi connectivity index (χ2v) is 5.91. The lowest BCUT2D eigenvalue weighted by molar-refractivity contribution is -0.121. The highest BCUT2D eigenvalue weighted by Crippen LogP contribution is 2.24. The first-order valence-corrected chi connectivity index (χ1v) is 8.13. The predicted octanol–water partition coefficient (Wildman–Crippen LogP) is 3.98. The van der Waals surface area contributed by atoms with E-state index in [-0.39, 0.29) is 24.2 Å². The highest BCUT2D eigenvalue weighted by Gasteiger charge is 2.19. The number of carbonyl (C=O) groups is 1. The summed E-state index contributed by atoms with van der Waals surface area (Å²) in [5.74, 6) is -0.593. The number of hydrogen-bond acceptors (Lipinski definition) is 2. The van der Waals surface area contributed by atoms with Crippen LogP contribution in [0.5, 0.6) is 0 Å². The molecule has 2 aromatic carbocycles. The maximum atomic E-state index is 13.8. The number of carbonyl (C=O) groups excluding carboxylic acids is 1. The lowest BCUT2D eigenvalue weighted by Gasteiger charge is -2.21. The van der Waals surface area contributed by atoms with E-state index in [0.717, 1.165) is 16.7 Å². The fourth-order valence-electron chi connectivity index (χ4n) is 2.83. The Bertz CT molecular complexity index is 865. The minimum absolute atomic E-state index is 0.000137. The number of amides is 1. The van der Waals surface area contributed by atoms with Gasteiger partial charge in [-0.2, -0.15) is 0 Å². The van der Waals surface area contributed by atoms with Gasteiger partial charge in [-0.15, -0.1) is 0 Å². The van der Waals surface area contributed by atoms with Crippen molar-refractivity contribution in [1.29, 1.82) is 0 Å². The third-order valence-corrected chi connectivity index (χ3v) is 4.15. The zero-order valence-corrected chi connectivity index (χ0v) is 13.9. The average Bonchev–Trinajstić information content (AvgIpc) is 2.63. The number of nitrogens with one attached hydrogen (secondary N) is 1. The maximum Gasteiger partial charge on any atom is 0.225 e. The van der Waals surface area contributed by atoms with Gasteiger partial charge >= 0.3 is 0 Å². The number of hydrogen-bond donors (Lipinski definition) is 1. The summed E-state index contributed by atoms with van der Waals surface area (Å²) in [6.07, 6.45) is 3.40. The van der Waals surface area contributed by atoms with Gasteiger partial charge in [0.05, 0.1) is 12.5 Å². The van der Waals surface area contributed by atoms with Crippen LogP contribution in [0.15, 0.2) is 73.1 Å². The van der Waals surface area contributed by atoms with Crippen LogP contribution in [0.1, 0.15) is 28.3 Å². The Labute approximate surface area is 146 Å². The zero-order chi connectivity index (χ0) is 17.6. The zero-order valence-electron chi connectivity index (χ0n) is 13.9. The highest BCUT2D eigenvalue weighted by atomic mass is 19.1. The first-order chi connectivity index (χ1) is 12.1. The largest absolute Gasteiger partial charge is 0.345 e. The Morgan fingerprint density at radius 3 is 2.44 bits per heavy atom. The first kappa shape index (κ1) is 16.8. The number of aromatic nitrogens is 1. The van der Waals surface area contributed by atoms with Crippen LogP contribution in [0, 0.1) is 12.7 Å². The molecule has 0 bridgehead atoms. The van der Waals surface area contributed by atoms with Crippen molar-refractivity contribution < 1.29 is 9.18 Å². The second kappa shape index (κ2) is 7.71. The minimum Gasteiger partial charge on any atom is -0.345 e. The molecule has 0 fully saturated rings. The molecular formula is C21H19FN2O. The molecule has 0 saturated heterocycles. The molecule has 3 aromatic rings. The minimum atomic E-state index is -0.367. The fraction of sp³-hybridized carbons (Fsp3) is 0.143. The van der Waals surface area contributed by atoms with Crippen molar-refractivity contribution >= 4 is 5.91 Å². The van der Waals surface area contributed by atoms with E-state index < -0.39 is 0 Å². The molecule has 1 amide bonds. The monoisotopic (exact) mass is 334 g/mol. The SMILES string of the molecule is Cc1ccccc1[C@H](NC(=O)Cc1ccccc1F)c1ccncc1. The summed E-state index contributed by atoms with van der Waals surface area (Å²) in [6, 6.07) is 17.7. The van der Waals surface area contributed by atoms with Crippen LogP contribution >= 0.6 is 0 Å². The Balaban J connectivity index is 1.87. The molecule has 0 radical (unpaired) electrons. The molecule has 3 rings (SSSR count). The molecule has 1 atom stereocenters. The summed E-state index contributed by atoms with van der Waals surface area (Å²) < 4.78 is 13.8. The molecule has 126 valence electrons. The van der Waals surface area contributed by atoms with Crippen molar-refractivity contribution in [2.75, 3.05) is 0 Å². The molecule has 0 aliphatic heterocycles. The van der Waals surface area contributed by atoms with Crippen LogP contribution < -0.4 is 5.32 Å². The van der Waals surface area contributed by atoms with Crippen LogP contribution in [-0.2, 0) is 11.2 Å². The molecule has 0 saturated carbocycles. The lowest BCUT2D eigenvalue weighted by atomic mass is 9.95. The van der Waals surface area contributed by atoms with E-state index in [0.29, 0.717) is 5.56 Å². The van der Waals surface area contributed by atoms with Gasteiger partial charge in [0.1, 0.15) is 5.82 Å². The predicted molar refractivity (Wildman–Crippen MR) is 95.5 cm³/mol. The Morgan fingerprint density at radius 2 is 1.72 bits per heavy atom. The van der Waals surface area contributed by atoms with Gasteiger partial charge in [0.15, 0.2) is 0 Å². The molecule has 0 aliphatic carbocycles. The summed E-state index contributed by atoms with van der Waals surface area (Å²) in [5.41, 5.74) is 3.41. The van der Waals surface area contributed by atoms with Crippen molar-refractivity contribution in [3.05, 3.63) is 101 Å². The lowest BCUT2D eigenvalue weighted by Crippen LogP contribution is -2.31. The van der Waals surface area contributed by atoms with E-state index in [1.807, 2.05) is 43.3 Å². The molecule has 1 heterocycles. The van der Waals surface area contributed by atoms with Crippen molar-refractivity contribution in [3.63, 3.8) is 0 Å². The van der Waals surface area contributed by atoms with Crippen LogP contribution in [0.4, 0.5) is 4.39 Å². The Morgan fingerprint density at radius 1 is 1.04 bits per heavy atom. The summed E-state index contributed by atoms with van der Waals surface area (Å²) in [6.45, 7) is 2.01. The number of halogens is 1. The summed E-state index contributed by atoms with van der Waals surface area (Å²) in [4.78, 5) is 16.6. The van der Waals surface area contributed by atoms with Gasteiger partial charge in [-0.25, -0.2) is 4.39 Å².